The molecule has 1 atom stereocenters. The molecule has 1 aromatic heterocycles. The van der Waals surface area contributed by atoms with Crippen molar-refractivity contribution in [3.63, 3.8) is 0 Å². The molecule has 0 bridgehead atoms. The summed E-state index contributed by atoms with van der Waals surface area (Å²) in [6, 6.07) is 0.137. The van der Waals surface area contributed by atoms with E-state index < -0.39 is 0 Å². The van der Waals surface area contributed by atoms with E-state index in [1.54, 1.807) is 6.92 Å². The number of hydrogen-bond acceptors (Lipinski definition) is 5. The summed E-state index contributed by atoms with van der Waals surface area (Å²) in [6.07, 6.45) is 0. The number of H-pyrrole nitrogens is 1. The molecule has 0 aliphatic rings. The van der Waals surface area contributed by atoms with Crippen LogP contribution in [0.2, 0.25) is 0 Å². The van der Waals surface area contributed by atoms with Crippen LogP contribution in [0.1, 0.15) is 20.8 Å². The van der Waals surface area contributed by atoms with Crippen LogP contribution in [0.4, 0.5) is 5.95 Å². The van der Waals surface area contributed by atoms with Gasteiger partial charge in [0.2, 0.25) is 17.0 Å². The average Bonchev–Trinajstić information content (AvgIpc) is 2.50. The van der Waals surface area contributed by atoms with E-state index >= 15 is 0 Å². The van der Waals surface area contributed by atoms with Gasteiger partial charge in [0.1, 0.15) is 0 Å². The van der Waals surface area contributed by atoms with Crippen LogP contribution < -0.4 is 11.1 Å². The molecule has 15 heavy (non-hydrogen) atoms. The topological polar surface area (TPSA) is 96.7 Å². The standard InChI is InChI=1S/C8H15N5OS/c1-4(2)10-6(14)5(3)15-8-11-7(9)12-13-8/h4-5H,1-3H3,(H,10,14)(H3,9,11,12,13). The lowest BCUT2D eigenvalue weighted by Gasteiger charge is -2.12. The molecule has 7 heteroatoms. The first kappa shape index (κ1) is 11.8. The molecule has 0 fully saturated rings. The van der Waals surface area contributed by atoms with Gasteiger partial charge in [-0.3, -0.25) is 4.79 Å². The molecular weight excluding hydrogens is 214 g/mol. The molecule has 0 aromatic carbocycles. The van der Waals surface area contributed by atoms with Crippen molar-refractivity contribution in [3.05, 3.63) is 0 Å². The molecule has 1 rings (SSSR count). The quantitative estimate of drug-likeness (QED) is 0.649. The number of rotatable bonds is 4. The minimum absolute atomic E-state index is 0.0293. The minimum atomic E-state index is -0.234. The summed E-state index contributed by atoms with van der Waals surface area (Å²) in [5.74, 6) is 0.229. The van der Waals surface area contributed by atoms with E-state index in [-0.39, 0.29) is 23.1 Å². The Morgan fingerprint density at radius 2 is 2.20 bits per heavy atom. The largest absolute Gasteiger partial charge is 0.368 e. The summed E-state index contributed by atoms with van der Waals surface area (Å²) in [5.41, 5.74) is 5.37. The van der Waals surface area contributed by atoms with E-state index in [0.717, 1.165) is 0 Å². The van der Waals surface area contributed by atoms with Gasteiger partial charge in [-0.15, -0.1) is 5.10 Å². The molecule has 0 saturated heterocycles. The van der Waals surface area contributed by atoms with E-state index in [2.05, 4.69) is 20.5 Å². The van der Waals surface area contributed by atoms with Crippen molar-refractivity contribution in [2.75, 3.05) is 5.73 Å². The Hall–Kier alpha value is -1.24. The Morgan fingerprint density at radius 3 is 2.67 bits per heavy atom. The molecule has 0 saturated carbocycles. The lowest BCUT2D eigenvalue weighted by Crippen LogP contribution is -2.35. The smallest absolute Gasteiger partial charge is 0.233 e. The number of nitrogens with one attached hydrogen (secondary N) is 2. The molecule has 1 heterocycles. The Balaban J connectivity index is 2.48. The second kappa shape index (κ2) is 5.01. The molecule has 1 amide bonds. The van der Waals surface area contributed by atoms with Gasteiger partial charge in [-0.2, -0.15) is 4.98 Å². The highest BCUT2D eigenvalue weighted by Gasteiger charge is 2.17. The molecule has 1 aromatic rings. The Bertz CT molecular complexity index is 338. The maximum atomic E-state index is 11.5. The van der Waals surface area contributed by atoms with Gasteiger partial charge in [0.05, 0.1) is 5.25 Å². The van der Waals surface area contributed by atoms with E-state index in [1.807, 2.05) is 13.8 Å². The van der Waals surface area contributed by atoms with Gasteiger partial charge < -0.3 is 11.1 Å². The van der Waals surface area contributed by atoms with Crippen LogP contribution in [0.3, 0.4) is 0 Å². The van der Waals surface area contributed by atoms with Crippen molar-refractivity contribution in [1.29, 1.82) is 0 Å². The molecule has 0 aliphatic heterocycles. The predicted molar refractivity (Wildman–Crippen MR) is 59.4 cm³/mol. The highest BCUT2D eigenvalue weighted by atomic mass is 32.2. The zero-order valence-corrected chi connectivity index (χ0v) is 9.76. The molecule has 1 unspecified atom stereocenters. The molecule has 6 nitrogen and oxygen atoms in total. The number of nitrogens with zero attached hydrogens (tertiary/aromatic N) is 2. The fraction of sp³-hybridized carbons (Fsp3) is 0.625. The monoisotopic (exact) mass is 229 g/mol. The van der Waals surface area contributed by atoms with Gasteiger partial charge in [-0.05, 0) is 20.8 Å². The number of carbonyl (C=O) groups excluding carboxylic acids is 1. The second-order valence-corrected chi connectivity index (χ2v) is 4.73. The number of thioether (sulfide) groups is 1. The lowest BCUT2D eigenvalue weighted by molar-refractivity contribution is -0.120. The first-order valence-corrected chi connectivity index (χ1v) is 5.52. The fourth-order valence-electron chi connectivity index (χ4n) is 0.924. The van der Waals surface area contributed by atoms with E-state index in [0.29, 0.717) is 5.16 Å². The van der Waals surface area contributed by atoms with Crippen LogP contribution in [0.15, 0.2) is 5.16 Å². The van der Waals surface area contributed by atoms with Crippen LogP contribution in [-0.2, 0) is 4.79 Å². The predicted octanol–water partition coefficient (Wildman–Crippen LogP) is 0.392. The maximum absolute atomic E-state index is 11.5. The third-order valence-electron chi connectivity index (χ3n) is 1.56. The van der Waals surface area contributed by atoms with Gasteiger partial charge in [0.15, 0.2) is 0 Å². The summed E-state index contributed by atoms with van der Waals surface area (Å²) in [4.78, 5) is 15.4. The SMILES string of the molecule is CC(C)NC(=O)C(C)Sc1n[nH]c(N)n1. The van der Waals surface area contributed by atoms with Crippen molar-refractivity contribution < 1.29 is 4.79 Å². The Labute approximate surface area is 92.4 Å². The maximum Gasteiger partial charge on any atom is 0.233 e. The van der Waals surface area contributed by atoms with E-state index in [1.165, 1.54) is 11.8 Å². The number of anilines is 1. The highest BCUT2D eigenvalue weighted by Crippen LogP contribution is 2.19. The van der Waals surface area contributed by atoms with Gasteiger partial charge >= 0.3 is 0 Å². The zero-order chi connectivity index (χ0) is 11.4. The van der Waals surface area contributed by atoms with Gasteiger partial charge in [0, 0.05) is 6.04 Å². The lowest BCUT2D eigenvalue weighted by atomic mass is 10.3. The third kappa shape index (κ3) is 3.78. The van der Waals surface area contributed by atoms with Crippen molar-refractivity contribution in [3.8, 4) is 0 Å². The normalized spacial score (nSPS) is 12.8. The highest BCUT2D eigenvalue weighted by molar-refractivity contribution is 8.00. The number of aromatic nitrogens is 3. The van der Waals surface area contributed by atoms with Crippen LogP contribution in [-0.4, -0.2) is 32.4 Å². The minimum Gasteiger partial charge on any atom is -0.368 e. The summed E-state index contributed by atoms with van der Waals surface area (Å²) in [5, 5.41) is 9.42. The molecule has 0 spiro atoms. The Morgan fingerprint density at radius 1 is 1.53 bits per heavy atom. The summed E-state index contributed by atoms with van der Waals surface area (Å²) < 4.78 is 0. The third-order valence-corrected chi connectivity index (χ3v) is 2.53. The summed E-state index contributed by atoms with van der Waals surface area (Å²) in [7, 11) is 0. The number of aromatic amines is 1. The van der Waals surface area contributed by atoms with Crippen molar-refractivity contribution >= 4 is 23.6 Å². The number of nitrogens with two attached hydrogens (primary N) is 1. The number of carbonyl (C=O) groups is 1. The van der Waals surface area contributed by atoms with E-state index in [9.17, 15) is 4.79 Å². The number of nitrogen functional groups attached to an aromatic ring is 1. The zero-order valence-electron chi connectivity index (χ0n) is 8.94. The first-order chi connectivity index (χ1) is 6.99. The first-order valence-electron chi connectivity index (χ1n) is 4.64. The van der Waals surface area contributed by atoms with Gasteiger partial charge in [-0.25, -0.2) is 5.10 Å². The molecule has 84 valence electrons. The van der Waals surface area contributed by atoms with Gasteiger partial charge in [-0.1, -0.05) is 11.8 Å². The summed E-state index contributed by atoms with van der Waals surface area (Å²) in [6.45, 7) is 5.63. The van der Waals surface area contributed by atoms with Crippen LogP contribution >= 0.6 is 11.8 Å². The fourth-order valence-corrected chi connectivity index (χ4v) is 1.67. The van der Waals surface area contributed by atoms with E-state index in [4.69, 9.17) is 5.73 Å². The number of hydrogen-bond donors (Lipinski definition) is 3. The van der Waals surface area contributed by atoms with Crippen molar-refractivity contribution in [2.45, 2.75) is 37.2 Å². The van der Waals surface area contributed by atoms with Gasteiger partial charge in [0.25, 0.3) is 0 Å². The molecular formula is C8H15N5OS. The van der Waals surface area contributed by atoms with Crippen LogP contribution in [0.5, 0.6) is 0 Å². The Kier molecular flexibility index (Phi) is 3.96. The average molecular weight is 229 g/mol. The van der Waals surface area contributed by atoms with Crippen molar-refractivity contribution in [1.82, 2.24) is 20.5 Å². The number of amides is 1. The van der Waals surface area contributed by atoms with Crippen molar-refractivity contribution in [2.24, 2.45) is 0 Å². The molecule has 0 radical (unpaired) electrons. The second-order valence-electron chi connectivity index (χ2n) is 3.43. The summed E-state index contributed by atoms with van der Waals surface area (Å²) >= 11 is 1.27. The molecule has 4 N–H and O–H groups in total. The van der Waals surface area contributed by atoms with Crippen LogP contribution in [0.25, 0.3) is 0 Å². The molecule has 0 aliphatic carbocycles. The van der Waals surface area contributed by atoms with Crippen LogP contribution in [0, 0.1) is 0 Å².